The van der Waals surface area contributed by atoms with Crippen LogP contribution in [0, 0.1) is 18.9 Å². The summed E-state index contributed by atoms with van der Waals surface area (Å²) in [4.78, 5) is 4.68. The Morgan fingerprint density at radius 3 is 2.07 bits per heavy atom. The molecule has 2 radical (unpaired) electrons. The molecule has 2 nitrogen and oxygen atoms in total. The minimum Gasteiger partial charge on any atom is -0.300 e. The zero-order chi connectivity index (χ0) is 10.8. The van der Waals surface area contributed by atoms with Gasteiger partial charge in [0.05, 0.1) is 0 Å². The standard InChI is InChI=1S/C13H24N2/c1-11-8-12(2)10-15(9-11)13-4-6-14(3)7-5-13/h3,11-13H,4-10H2,1-2H3/t11-,12+. The molecule has 0 aliphatic carbocycles. The normalized spacial score (nSPS) is 37.0. The second-order valence-electron chi connectivity index (χ2n) is 5.67. The molecule has 0 bridgehead atoms. The van der Waals surface area contributed by atoms with Crippen LogP contribution in [0.5, 0.6) is 0 Å². The second-order valence-corrected chi connectivity index (χ2v) is 5.67. The Morgan fingerprint density at radius 2 is 1.53 bits per heavy atom. The molecule has 0 spiro atoms. The van der Waals surface area contributed by atoms with Gasteiger partial charge in [-0.05, 0) is 31.1 Å². The van der Waals surface area contributed by atoms with E-state index in [9.17, 15) is 0 Å². The SMILES string of the molecule is [CH]N1CCC(N2C[C@H](C)C[C@H](C)C2)CC1. The van der Waals surface area contributed by atoms with Gasteiger partial charge in [0.15, 0.2) is 0 Å². The molecule has 0 saturated carbocycles. The molecular formula is C13H24N2. The molecule has 2 aliphatic rings. The predicted octanol–water partition coefficient (Wildman–Crippen LogP) is 2.10. The van der Waals surface area contributed by atoms with Crippen LogP contribution in [-0.2, 0) is 0 Å². The van der Waals surface area contributed by atoms with Crippen LogP contribution in [0.25, 0.3) is 0 Å². The Labute approximate surface area is 94.6 Å². The van der Waals surface area contributed by atoms with E-state index >= 15 is 0 Å². The van der Waals surface area contributed by atoms with Crippen molar-refractivity contribution in [3.05, 3.63) is 7.05 Å². The maximum Gasteiger partial charge on any atom is 0.0438 e. The fourth-order valence-corrected chi connectivity index (χ4v) is 3.26. The Hall–Kier alpha value is -0.0800. The molecule has 2 atom stereocenters. The van der Waals surface area contributed by atoms with E-state index in [0.717, 1.165) is 31.0 Å². The summed E-state index contributed by atoms with van der Waals surface area (Å²) in [6, 6.07) is 0.801. The average molecular weight is 208 g/mol. The zero-order valence-corrected chi connectivity index (χ0v) is 10.2. The summed E-state index contributed by atoms with van der Waals surface area (Å²) in [5.41, 5.74) is 0. The van der Waals surface area contributed by atoms with Crippen molar-refractivity contribution in [2.45, 2.75) is 39.2 Å². The number of likely N-dealkylation sites (tertiary alicyclic amines) is 2. The molecule has 2 heterocycles. The first-order valence-electron chi connectivity index (χ1n) is 6.39. The van der Waals surface area contributed by atoms with Gasteiger partial charge < -0.3 is 0 Å². The van der Waals surface area contributed by atoms with Gasteiger partial charge in [-0.25, -0.2) is 0 Å². The molecule has 2 aliphatic heterocycles. The first-order chi connectivity index (χ1) is 7.15. The van der Waals surface area contributed by atoms with Crippen molar-refractivity contribution in [2.75, 3.05) is 26.2 Å². The van der Waals surface area contributed by atoms with Gasteiger partial charge in [-0.3, -0.25) is 9.80 Å². The van der Waals surface area contributed by atoms with Crippen LogP contribution in [-0.4, -0.2) is 42.0 Å². The first-order valence-corrected chi connectivity index (χ1v) is 6.39. The van der Waals surface area contributed by atoms with Crippen molar-refractivity contribution in [1.29, 1.82) is 0 Å². The summed E-state index contributed by atoms with van der Waals surface area (Å²) in [6.45, 7) is 9.54. The van der Waals surface area contributed by atoms with Crippen LogP contribution in [0.4, 0.5) is 0 Å². The van der Waals surface area contributed by atoms with Gasteiger partial charge in [0, 0.05) is 39.3 Å². The molecule has 0 amide bonds. The third-order valence-corrected chi connectivity index (χ3v) is 3.91. The molecule has 0 aromatic rings. The monoisotopic (exact) mass is 208 g/mol. The van der Waals surface area contributed by atoms with E-state index in [1.165, 1.54) is 32.4 Å². The minimum atomic E-state index is 0.801. The van der Waals surface area contributed by atoms with Crippen molar-refractivity contribution in [1.82, 2.24) is 9.80 Å². The lowest BCUT2D eigenvalue weighted by molar-refractivity contribution is 0.0635. The average Bonchev–Trinajstić information content (AvgIpc) is 2.17. The van der Waals surface area contributed by atoms with Crippen LogP contribution in [0.2, 0.25) is 0 Å². The van der Waals surface area contributed by atoms with E-state index in [4.69, 9.17) is 7.05 Å². The lowest BCUT2D eigenvalue weighted by atomic mass is 9.89. The van der Waals surface area contributed by atoms with E-state index in [-0.39, 0.29) is 0 Å². The third-order valence-electron chi connectivity index (χ3n) is 3.91. The lowest BCUT2D eigenvalue weighted by Gasteiger charge is -2.43. The highest BCUT2D eigenvalue weighted by atomic mass is 15.2. The Balaban J connectivity index is 1.87. The molecule has 15 heavy (non-hydrogen) atoms. The third kappa shape index (κ3) is 2.94. The van der Waals surface area contributed by atoms with Crippen LogP contribution < -0.4 is 0 Å². The summed E-state index contributed by atoms with van der Waals surface area (Å²) in [5.74, 6) is 1.76. The Kier molecular flexibility index (Phi) is 3.68. The molecule has 0 aromatic carbocycles. The lowest BCUT2D eigenvalue weighted by Crippen LogP contribution is -2.49. The quantitative estimate of drug-likeness (QED) is 0.651. The van der Waals surface area contributed by atoms with Crippen LogP contribution in [0.15, 0.2) is 0 Å². The van der Waals surface area contributed by atoms with Crippen molar-refractivity contribution in [2.24, 2.45) is 11.8 Å². The van der Waals surface area contributed by atoms with Crippen LogP contribution >= 0.6 is 0 Å². The van der Waals surface area contributed by atoms with Gasteiger partial charge in [-0.15, -0.1) is 0 Å². The number of rotatable bonds is 1. The van der Waals surface area contributed by atoms with Gasteiger partial charge in [0.25, 0.3) is 0 Å². The minimum absolute atomic E-state index is 0.801. The van der Waals surface area contributed by atoms with Crippen molar-refractivity contribution in [3.8, 4) is 0 Å². The van der Waals surface area contributed by atoms with Gasteiger partial charge in [0.2, 0.25) is 0 Å². The van der Waals surface area contributed by atoms with E-state index < -0.39 is 0 Å². The fourth-order valence-electron chi connectivity index (χ4n) is 3.26. The maximum atomic E-state index is 5.80. The summed E-state index contributed by atoms with van der Waals surface area (Å²) < 4.78 is 0. The maximum absolute atomic E-state index is 5.80. The number of hydrogen-bond acceptors (Lipinski definition) is 2. The molecular weight excluding hydrogens is 184 g/mol. The summed E-state index contributed by atoms with van der Waals surface area (Å²) in [6.07, 6.45) is 3.93. The largest absolute Gasteiger partial charge is 0.300 e. The summed E-state index contributed by atoms with van der Waals surface area (Å²) >= 11 is 0. The van der Waals surface area contributed by atoms with Crippen LogP contribution in [0.3, 0.4) is 0 Å². The number of nitrogens with zero attached hydrogens (tertiary/aromatic N) is 2. The molecule has 2 fully saturated rings. The number of piperidine rings is 2. The topological polar surface area (TPSA) is 6.48 Å². The highest BCUT2D eigenvalue weighted by molar-refractivity contribution is 4.84. The molecule has 2 rings (SSSR count). The van der Waals surface area contributed by atoms with Gasteiger partial charge >= 0.3 is 0 Å². The zero-order valence-electron chi connectivity index (χ0n) is 10.2. The molecule has 0 N–H and O–H groups in total. The van der Waals surface area contributed by atoms with Crippen LogP contribution in [0.1, 0.15) is 33.1 Å². The first kappa shape index (κ1) is 11.4. The highest BCUT2D eigenvalue weighted by Crippen LogP contribution is 2.26. The second kappa shape index (κ2) is 4.84. The van der Waals surface area contributed by atoms with E-state index in [0.29, 0.717) is 0 Å². The molecule has 2 heteroatoms. The summed E-state index contributed by atoms with van der Waals surface area (Å²) in [7, 11) is 5.80. The van der Waals surface area contributed by atoms with Crippen molar-refractivity contribution >= 4 is 0 Å². The predicted molar refractivity (Wildman–Crippen MR) is 63.4 cm³/mol. The van der Waals surface area contributed by atoms with E-state index in [1.807, 2.05) is 4.90 Å². The van der Waals surface area contributed by atoms with Gasteiger partial charge in [-0.2, -0.15) is 0 Å². The summed E-state index contributed by atoms with van der Waals surface area (Å²) in [5, 5.41) is 0. The highest BCUT2D eigenvalue weighted by Gasteiger charge is 2.29. The number of hydrogen-bond donors (Lipinski definition) is 0. The van der Waals surface area contributed by atoms with Gasteiger partial charge in [-0.1, -0.05) is 13.8 Å². The molecule has 0 unspecified atom stereocenters. The van der Waals surface area contributed by atoms with E-state index in [1.54, 1.807) is 0 Å². The molecule has 0 aromatic heterocycles. The molecule has 2 saturated heterocycles. The fraction of sp³-hybridized carbons (Fsp3) is 0.923. The van der Waals surface area contributed by atoms with Crippen molar-refractivity contribution in [3.63, 3.8) is 0 Å². The van der Waals surface area contributed by atoms with Crippen molar-refractivity contribution < 1.29 is 0 Å². The molecule has 86 valence electrons. The van der Waals surface area contributed by atoms with Gasteiger partial charge in [0.1, 0.15) is 0 Å². The Bertz CT molecular complexity index is 187. The van der Waals surface area contributed by atoms with E-state index in [2.05, 4.69) is 18.7 Å². The Morgan fingerprint density at radius 1 is 1.00 bits per heavy atom. The smallest absolute Gasteiger partial charge is 0.0438 e.